The topological polar surface area (TPSA) is 81.2 Å². The van der Waals surface area contributed by atoms with E-state index >= 15 is 0 Å². The average molecular weight is 406 g/mol. The Morgan fingerprint density at radius 1 is 1.00 bits per heavy atom. The van der Waals surface area contributed by atoms with Gasteiger partial charge in [0.2, 0.25) is 5.78 Å². The molecule has 156 valence electrons. The molecule has 3 aromatic rings. The van der Waals surface area contributed by atoms with Crippen LogP contribution in [-0.2, 0) is 4.74 Å². The molecule has 0 radical (unpaired) electrons. The molecule has 6 nitrogen and oxygen atoms in total. The number of aromatic amines is 1. The van der Waals surface area contributed by atoms with Crippen molar-refractivity contribution in [1.29, 1.82) is 0 Å². The summed E-state index contributed by atoms with van der Waals surface area (Å²) in [5.74, 6) is -1.04. The number of carbonyl (C=O) groups excluding carboxylic acids is 3. The fraction of sp³-hybridized carbons (Fsp3) is 0.292. The van der Waals surface area contributed by atoms with Crippen LogP contribution in [0.3, 0.4) is 0 Å². The van der Waals surface area contributed by atoms with E-state index in [0.29, 0.717) is 28.1 Å². The molecule has 0 aliphatic carbocycles. The van der Waals surface area contributed by atoms with Gasteiger partial charge in [0.1, 0.15) is 0 Å². The first-order valence-corrected chi connectivity index (χ1v) is 9.78. The lowest BCUT2D eigenvalue weighted by Crippen LogP contribution is -2.16. The summed E-state index contributed by atoms with van der Waals surface area (Å²) in [6, 6.07) is 9.79. The maximum absolute atomic E-state index is 12.7. The van der Waals surface area contributed by atoms with Gasteiger partial charge in [0.25, 0.3) is 0 Å². The number of hydrogen-bond donors (Lipinski definition) is 1. The predicted molar refractivity (Wildman–Crippen MR) is 115 cm³/mol. The van der Waals surface area contributed by atoms with E-state index in [4.69, 9.17) is 4.74 Å². The van der Waals surface area contributed by atoms with Crippen LogP contribution >= 0.6 is 0 Å². The van der Waals surface area contributed by atoms with Crippen LogP contribution in [0.15, 0.2) is 30.3 Å². The van der Waals surface area contributed by atoms with Crippen molar-refractivity contribution >= 4 is 17.5 Å². The largest absolute Gasteiger partial charge is 0.454 e. The molecule has 2 heterocycles. The summed E-state index contributed by atoms with van der Waals surface area (Å²) in [6.07, 6.45) is 0. The highest BCUT2D eigenvalue weighted by Crippen LogP contribution is 2.23. The molecule has 2 aromatic heterocycles. The summed E-state index contributed by atoms with van der Waals surface area (Å²) in [7, 11) is 0. The number of nitrogens with zero attached hydrogens (tertiary/aromatic N) is 1. The van der Waals surface area contributed by atoms with Gasteiger partial charge < -0.3 is 14.3 Å². The minimum Gasteiger partial charge on any atom is -0.454 e. The van der Waals surface area contributed by atoms with E-state index in [9.17, 15) is 14.4 Å². The Morgan fingerprint density at radius 2 is 1.63 bits per heavy atom. The molecule has 0 bridgehead atoms. The summed E-state index contributed by atoms with van der Waals surface area (Å²) in [6.45, 7) is 10.3. The van der Waals surface area contributed by atoms with E-state index in [-0.39, 0.29) is 11.6 Å². The van der Waals surface area contributed by atoms with Crippen molar-refractivity contribution in [2.75, 3.05) is 6.61 Å². The molecule has 0 spiro atoms. The Labute approximate surface area is 175 Å². The molecule has 6 heteroatoms. The Kier molecular flexibility index (Phi) is 5.78. The zero-order chi connectivity index (χ0) is 22.2. The lowest BCUT2D eigenvalue weighted by Gasteiger charge is -2.10. The third-order valence-corrected chi connectivity index (χ3v) is 5.35. The third-order valence-electron chi connectivity index (χ3n) is 5.35. The number of ketones is 2. The molecule has 3 rings (SSSR count). The smallest absolute Gasteiger partial charge is 0.340 e. The number of hydrogen-bond acceptors (Lipinski definition) is 4. The first-order chi connectivity index (χ1) is 14.1. The van der Waals surface area contributed by atoms with Crippen LogP contribution in [0.5, 0.6) is 0 Å². The highest BCUT2D eigenvalue weighted by Gasteiger charge is 2.23. The van der Waals surface area contributed by atoms with E-state index in [0.717, 1.165) is 22.6 Å². The van der Waals surface area contributed by atoms with E-state index in [1.807, 2.05) is 49.6 Å². The van der Waals surface area contributed by atoms with Gasteiger partial charge in [-0.1, -0.05) is 17.7 Å². The number of aryl methyl sites for hydroxylation is 3. The molecule has 0 fully saturated rings. The van der Waals surface area contributed by atoms with Crippen LogP contribution in [0, 0.1) is 34.6 Å². The lowest BCUT2D eigenvalue weighted by atomic mass is 10.1. The van der Waals surface area contributed by atoms with Gasteiger partial charge in [-0.3, -0.25) is 9.59 Å². The first-order valence-electron chi connectivity index (χ1n) is 9.78. The quantitative estimate of drug-likeness (QED) is 0.480. The second-order valence-electron chi connectivity index (χ2n) is 7.64. The van der Waals surface area contributed by atoms with E-state index in [1.165, 1.54) is 6.92 Å². The molecule has 1 aromatic carbocycles. The molecular formula is C24H26N2O4. The van der Waals surface area contributed by atoms with Crippen molar-refractivity contribution in [2.45, 2.75) is 41.5 Å². The Hall–Kier alpha value is -3.41. The number of H-pyrrole nitrogens is 1. The van der Waals surface area contributed by atoms with Crippen molar-refractivity contribution < 1.29 is 19.1 Å². The van der Waals surface area contributed by atoms with Gasteiger partial charge in [-0.15, -0.1) is 0 Å². The Morgan fingerprint density at radius 3 is 2.20 bits per heavy atom. The highest BCUT2D eigenvalue weighted by molar-refractivity contribution is 6.04. The average Bonchev–Trinajstić information content (AvgIpc) is 3.15. The van der Waals surface area contributed by atoms with Gasteiger partial charge in [-0.25, -0.2) is 4.79 Å². The van der Waals surface area contributed by atoms with Crippen LogP contribution in [-0.4, -0.2) is 33.7 Å². The molecule has 0 aliphatic rings. The van der Waals surface area contributed by atoms with E-state index < -0.39 is 12.6 Å². The van der Waals surface area contributed by atoms with Gasteiger partial charge >= 0.3 is 5.97 Å². The van der Waals surface area contributed by atoms with E-state index in [1.54, 1.807) is 19.9 Å². The number of ether oxygens (including phenoxy) is 1. The summed E-state index contributed by atoms with van der Waals surface area (Å²) < 4.78 is 7.29. The van der Waals surface area contributed by atoms with Crippen LogP contribution in [0.25, 0.3) is 5.69 Å². The molecule has 0 saturated heterocycles. The molecule has 30 heavy (non-hydrogen) atoms. The highest BCUT2D eigenvalue weighted by atomic mass is 16.5. The molecule has 0 atom stereocenters. The van der Waals surface area contributed by atoms with Gasteiger partial charge in [0.15, 0.2) is 12.4 Å². The van der Waals surface area contributed by atoms with Gasteiger partial charge in [-0.2, -0.15) is 0 Å². The number of nitrogens with one attached hydrogen (secondary N) is 1. The van der Waals surface area contributed by atoms with Crippen molar-refractivity contribution in [1.82, 2.24) is 9.55 Å². The molecular weight excluding hydrogens is 380 g/mol. The van der Waals surface area contributed by atoms with Crippen LogP contribution in [0.1, 0.15) is 66.3 Å². The lowest BCUT2D eigenvalue weighted by molar-refractivity contribution is 0.0472. The van der Waals surface area contributed by atoms with Gasteiger partial charge in [-0.05, 0) is 65.3 Å². The number of aromatic nitrogens is 2. The van der Waals surface area contributed by atoms with Crippen LogP contribution < -0.4 is 0 Å². The summed E-state index contributed by atoms with van der Waals surface area (Å²) >= 11 is 0. The Bertz CT molecular complexity index is 1150. The second-order valence-corrected chi connectivity index (χ2v) is 7.64. The molecule has 0 amide bonds. The predicted octanol–water partition coefficient (Wildman–Crippen LogP) is 4.59. The number of esters is 1. The number of rotatable bonds is 6. The van der Waals surface area contributed by atoms with Crippen LogP contribution in [0.4, 0.5) is 0 Å². The van der Waals surface area contributed by atoms with Crippen molar-refractivity contribution in [3.8, 4) is 5.69 Å². The van der Waals surface area contributed by atoms with Crippen molar-refractivity contribution in [3.05, 3.63) is 75.4 Å². The monoisotopic (exact) mass is 406 g/mol. The van der Waals surface area contributed by atoms with Crippen LogP contribution in [0.2, 0.25) is 0 Å². The summed E-state index contributed by atoms with van der Waals surface area (Å²) in [4.78, 5) is 39.9. The molecule has 0 unspecified atom stereocenters. The number of carbonyl (C=O) groups is 3. The third kappa shape index (κ3) is 3.85. The fourth-order valence-corrected chi connectivity index (χ4v) is 3.90. The molecule has 1 N–H and O–H groups in total. The normalized spacial score (nSPS) is 10.9. The Balaban J connectivity index is 1.78. The minimum absolute atomic E-state index is 0.110. The SMILES string of the molecule is CC(=O)c1c(C)[nH]c(C(=O)COC(=O)c2cc(C)n(-c3ccc(C)cc3)c2C)c1C. The van der Waals surface area contributed by atoms with Crippen molar-refractivity contribution in [3.63, 3.8) is 0 Å². The fourth-order valence-electron chi connectivity index (χ4n) is 3.90. The maximum atomic E-state index is 12.7. The molecule has 0 aliphatic heterocycles. The number of Topliss-reactive ketones (excluding diaryl/α,β-unsaturated/α-hetero) is 2. The van der Waals surface area contributed by atoms with Gasteiger partial charge in [0, 0.05) is 28.3 Å². The number of benzene rings is 1. The van der Waals surface area contributed by atoms with E-state index in [2.05, 4.69) is 4.98 Å². The minimum atomic E-state index is -0.553. The summed E-state index contributed by atoms with van der Waals surface area (Å²) in [5.41, 5.74) is 6.21. The van der Waals surface area contributed by atoms with Gasteiger partial charge in [0.05, 0.1) is 11.3 Å². The van der Waals surface area contributed by atoms with Crippen molar-refractivity contribution in [2.24, 2.45) is 0 Å². The maximum Gasteiger partial charge on any atom is 0.340 e. The zero-order valence-corrected chi connectivity index (χ0v) is 18.2. The summed E-state index contributed by atoms with van der Waals surface area (Å²) in [5, 5.41) is 0. The standard InChI is InChI=1S/C24H26N2O4/c1-13-7-9-19(10-8-13)26-14(2)11-20(17(26)5)24(29)30-12-21(28)23-15(3)22(18(6)27)16(4)25-23/h7-11,25H,12H2,1-6H3. The zero-order valence-electron chi connectivity index (χ0n) is 18.2. The second kappa shape index (κ2) is 8.14. The first kappa shape index (κ1) is 21.3. The molecule has 0 saturated carbocycles.